The number of nitrogens with zero attached hydrogens (tertiary/aromatic N) is 2. The minimum atomic E-state index is 0.238. The van der Waals surface area contributed by atoms with Gasteiger partial charge < -0.3 is 10.1 Å². The van der Waals surface area contributed by atoms with E-state index in [4.69, 9.17) is 4.74 Å². The Morgan fingerprint density at radius 2 is 2.10 bits per heavy atom. The molecule has 1 N–H and O–H groups in total. The summed E-state index contributed by atoms with van der Waals surface area (Å²) in [4.78, 5) is 8.47. The van der Waals surface area contributed by atoms with Gasteiger partial charge in [0, 0.05) is 12.5 Å². The third kappa shape index (κ3) is 1.78. The van der Waals surface area contributed by atoms with Gasteiger partial charge in [0.2, 0.25) is 5.88 Å². The molecule has 2 bridgehead atoms. The molecule has 1 aromatic rings. The number of rotatable bonds is 3. The van der Waals surface area contributed by atoms with E-state index in [1.165, 1.54) is 12.8 Å². The van der Waals surface area contributed by atoms with Gasteiger partial charge in [-0.15, -0.1) is 0 Å². The molecule has 3 unspecified atom stereocenters. The van der Waals surface area contributed by atoms with Gasteiger partial charge >= 0.3 is 0 Å². The third-order valence-corrected chi connectivity index (χ3v) is 6.68. The molecule has 3 rings (SSSR count). The molecule has 2 aliphatic carbocycles. The standard InChI is InChI=1S/C15H22BrN3O/c1-14(2)9-5-6-15(14,3)10(7-9)20-13-11(16)12(17-4)18-8-19-13/h8-10H,5-7H2,1-4H3,(H,17,18,19). The summed E-state index contributed by atoms with van der Waals surface area (Å²) in [5.74, 6) is 2.18. The zero-order valence-corrected chi connectivity index (χ0v) is 14.1. The van der Waals surface area contributed by atoms with Crippen LogP contribution < -0.4 is 10.1 Å². The van der Waals surface area contributed by atoms with E-state index in [1.807, 2.05) is 7.05 Å². The van der Waals surface area contributed by atoms with Crippen molar-refractivity contribution in [2.24, 2.45) is 16.7 Å². The van der Waals surface area contributed by atoms with Crippen molar-refractivity contribution in [3.63, 3.8) is 0 Å². The summed E-state index contributed by atoms with van der Waals surface area (Å²) < 4.78 is 7.09. The molecule has 0 amide bonds. The van der Waals surface area contributed by atoms with E-state index in [1.54, 1.807) is 6.33 Å². The van der Waals surface area contributed by atoms with Crippen molar-refractivity contribution in [1.29, 1.82) is 0 Å². The fourth-order valence-corrected chi connectivity index (χ4v) is 4.55. The van der Waals surface area contributed by atoms with Crippen LogP contribution in [0.1, 0.15) is 40.0 Å². The smallest absolute Gasteiger partial charge is 0.233 e. The number of fused-ring (bicyclic) bond motifs is 2. The van der Waals surface area contributed by atoms with Crippen LogP contribution in [0.5, 0.6) is 5.88 Å². The summed E-state index contributed by atoms with van der Waals surface area (Å²) in [6, 6.07) is 0. The number of aromatic nitrogens is 2. The number of hydrogen-bond acceptors (Lipinski definition) is 4. The monoisotopic (exact) mass is 339 g/mol. The second-order valence-corrected chi connectivity index (χ2v) is 7.60. The van der Waals surface area contributed by atoms with Gasteiger partial charge in [-0.3, -0.25) is 0 Å². The maximum atomic E-state index is 6.28. The van der Waals surface area contributed by atoms with Crippen LogP contribution in [0.3, 0.4) is 0 Å². The van der Waals surface area contributed by atoms with Crippen LogP contribution in [-0.2, 0) is 0 Å². The Balaban J connectivity index is 1.87. The highest BCUT2D eigenvalue weighted by molar-refractivity contribution is 9.10. The summed E-state index contributed by atoms with van der Waals surface area (Å²) >= 11 is 3.54. The number of nitrogens with one attached hydrogen (secondary N) is 1. The van der Waals surface area contributed by atoms with Crippen LogP contribution in [0.15, 0.2) is 10.8 Å². The van der Waals surface area contributed by atoms with Gasteiger partial charge in [-0.25, -0.2) is 9.97 Å². The molecule has 1 aromatic heterocycles. The molecule has 0 saturated heterocycles. The number of anilines is 1. The Morgan fingerprint density at radius 1 is 1.35 bits per heavy atom. The van der Waals surface area contributed by atoms with Crippen molar-refractivity contribution in [3.8, 4) is 5.88 Å². The first-order valence-electron chi connectivity index (χ1n) is 7.25. The lowest BCUT2D eigenvalue weighted by Gasteiger charge is -2.38. The molecule has 2 saturated carbocycles. The number of halogens is 1. The van der Waals surface area contributed by atoms with E-state index in [-0.39, 0.29) is 11.5 Å². The van der Waals surface area contributed by atoms with Gasteiger partial charge in [0.05, 0.1) is 0 Å². The lowest BCUT2D eigenvalue weighted by atomic mass is 9.70. The van der Waals surface area contributed by atoms with Crippen molar-refractivity contribution in [1.82, 2.24) is 9.97 Å². The van der Waals surface area contributed by atoms with Crippen LogP contribution in [-0.4, -0.2) is 23.1 Å². The van der Waals surface area contributed by atoms with Crippen molar-refractivity contribution in [3.05, 3.63) is 10.8 Å². The molecule has 20 heavy (non-hydrogen) atoms. The zero-order chi connectivity index (χ0) is 14.5. The molecule has 0 aromatic carbocycles. The van der Waals surface area contributed by atoms with E-state index in [0.717, 1.165) is 22.6 Å². The Morgan fingerprint density at radius 3 is 2.65 bits per heavy atom. The molecular formula is C15H22BrN3O. The molecule has 4 nitrogen and oxygen atoms in total. The van der Waals surface area contributed by atoms with Gasteiger partial charge in [-0.2, -0.15) is 0 Å². The average Bonchev–Trinajstić information content (AvgIpc) is 2.74. The number of ether oxygens (including phenoxy) is 1. The van der Waals surface area contributed by atoms with Crippen molar-refractivity contribution < 1.29 is 4.74 Å². The van der Waals surface area contributed by atoms with Crippen molar-refractivity contribution in [2.45, 2.75) is 46.1 Å². The fraction of sp³-hybridized carbons (Fsp3) is 0.733. The van der Waals surface area contributed by atoms with E-state index >= 15 is 0 Å². The molecule has 0 spiro atoms. The largest absolute Gasteiger partial charge is 0.473 e. The molecule has 2 fully saturated rings. The normalized spacial score (nSPS) is 34.2. The van der Waals surface area contributed by atoms with E-state index < -0.39 is 0 Å². The predicted molar refractivity (Wildman–Crippen MR) is 82.9 cm³/mol. The van der Waals surface area contributed by atoms with Crippen LogP contribution in [0.4, 0.5) is 5.82 Å². The quantitative estimate of drug-likeness (QED) is 0.907. The van der Waals surface area contributed by atoms with Crippen molar-refractivity contribution >= 4 is 21.7 Å². The maximum Gasteiger partial charge on any atom is 0.233 e. The molecule has 0 aliphatic heterocycles. The van der Waals surface area contributed by atoms with Gasteiger partial charge in [-0.1, -0.05) is 20.8 Å². The second kappa shape index (κ2) is 4.58. The zero-order valence-electron chi connectivity index (χ0n) is 12.5. The topological polar surface area (TPSA) is 47.0 Å². The van der Waals surface area contributed by atoms with Crippen LogP contribution >= 0.6 is 15.9 Å². The number of hydrogen-bond donors (Lipinski definition) is 1. The van der Waals surface area contributed by atoms with Crippen LogP contribution in [0, 0.1) is 16.7 Å². The molecule has 0 radical (unpaired) electrons. The van der Waals surface area contributed by atoms with Gasteiger partial charge in [0.25, 0.3) is 0 Å². The molecule has 5 heteroatoms. The van der Waals surface area contributed by atoms with Gasteiger partial charge in [0.15, 0.2) is 0 Å². The SMILES string of the molecule is CNc1ncnc(OC2CC3CCC2(C)C3(C)C)c1Br. The highest BCUT2D eigenvalue weighted by atomic mass is 79.9. The Hall–Kier alpha value is -0.840. The average molecular weight is 340 g/mol. The van der Waals surface area contributed by atoms with Crippen LogP contribution in [0.2, 0.25) is 0 Å². The van der Waals surface area contributed by atoms with Gasteiger partial charge in [0.1, 0.15) is 22.7 Å². The molecular weight excluding hydrogens is 318 g/mol. The summed E-state index contributed by atoms with van der Waals surface area (Å²) in [5, 5.41) is 3.04. The minimum Gasteiger partial charge on any atom is -0.473 e. The summed E-state index contributed by atoms with van der Waals surface area (Å²) in [6.45, 7) is 7.16. The molecule has 1 heterocycles. The first-order chi connectivity index (χ1) is 9.40. The lowest BCUT2D eigenvalue weighted by molar-refractivity contribution is 0.0267. The minimum absolute atomic E-state index is 0.238. The Labute approximate surface area is 128 Å². The highest BCUT2D eigenvalue weighted by Crippen LogP contribution is 2.66. The molecule has 3 atom stereocenters. The second-order valence-electron chi connectivity index (χ2n) is 6.81. The maximum absolute atomic E-state index is 6.28. The fourth-order valence-electron chi connectivity index (χ4n) is 4.05. The van der Waals surface area contributed by atoms with Crippen molar-refractivity contribution in [2.75, 3.05) is 12.4 Å². The first kappa shape index (κ1) is 14.1. The van der Waals surface area contributed by atoms with Crippen LogP contribution in [0.25, 0.3) is 0 Å². The lowest BCUT2D eigenvalue weighted by Crippen LogP contribution is -2.39. The highest BCUT2D eigenvalue weighted by Gasteiger charge is 2.62. The Bertz CT molecular complexity index is 534. The Kier molecular flexibility index (Phi) is 3.23. The summed E-state index contributed by atoms with van der Waals surface area (Å²) in [5.41, 5.74) is 0.588. The van der Waals surface area contributed by atoms with E-state index in [0.29, 0.717) is 11.3 Å². The molecule has 110 valence electrons. The summed E-state index contributed by atoms with van der Waals surface area (Å²) in [7, 11) is 1.85. The first-order valence-corrected chi connectivity index (χ1v) is 8.04. The van der Waals surface area contributed by atoms with Gasteiger partial charge in [-0.05, 0) is 46.5 Å². The van der Waals surface area contributed by atoms with E-state index in [2.05, 4.69) is 52.0 Å². The molecule has 2 aliphatic rings. The summed E-state index contributed by atoms with van der Waals surface area (Å²) in [6.07, 6.45) is 5.50. The third-order valence-electron chi connectivity index (χ3n) is 5.96. The van der Waals surface area contributed by atoms with E-state index in [9.17, 15) is 0 Å². The predicted octanol–water partition coefficient (Wildman–Crippen LogP) is 3.87.